The average Bonchev–Trinajstić information content (AvgIpc) is 2.60. The number of esters is 1. The van der Waals surface area contributed by atoms with Gasteiger partial charge >= 0.3 is 5.97 Å². The molecular formula is C18H23N3O4S. The van der Waals surface area contributed by atoms with E-state index in [4.69, 9.17) is 15.2 Å². The second kappa shape index (κ2) is 9.28. The summed E-state index contributed by atoms with van der Waals surface area (Å²) in [6.07, 6.45) is 0. The van der Waals surface area contributed by atoms with Crippen LogP contribution in [-0.4, -0.2) is 36.0 Å². The van der Waals surface area contributed by atoms with Gasteiger partial charge < -0.3 is 20.5 Å². The number of carbonyl (C=O) groups excluding carboxylic acids is 2. The molecule has 0 fully saturated rings. The first-order valence-electron chi connectivity index (χ1n) is 8.33. The highest BCUT2D eigenvalue weighted by atomic mass is 32.2. The standard InChI is InChI=1S/C18H23N3O4S/c1-4-24-13-9-7-6-8-12(13)16-15(17(23)25-5-2)11(3)20-18(21-16)26-10-14(19)22/h6-9,16H,4-5,10H2,1-3H3,(H2,19,22)(H,20,21)/t16-/m1/s1. The number of nitrogens with zero attached hydrogens (tertiary/aromatic N) is 1. The van der Waals surface area contributed by atoms with E-state index >= 15 is 0 Å². The highest BCUT2D eigenvalue weighted by molar-refractivity contribution is 8.14. The number of ether oxygens (including phenoxy) is 2. The van der Waals surface area contributed by atoms with Gasteiger partial charge in [-0.15, -0.1) is 0 Å². The van der Waals surface area contributed by atoms with Crippen molar-refractivity contribution < 1.29 is 19.1 Å². The fourth-order valence-corrected chi connectivity index (χ4v) is 3.24. The van der Waals surface area contributed by atoms with Crippen LogP contribution in [0.25, 0.3) is 0 Å². The van der Waals surface area contributed by atoms with Gasteiger partial charge in [0.05, 0.1) is 24.5 Å². The minimum atomic E-state index is -0.589. The van der Waals surface area contributed by atoms with Crippen molar-refractivity contribution in [3.8, 4) is 5.75 Å². The van der Waals surface area contributed by atoms with E-state index in [2.05, 4.69) is 10.3 Å². The van der Waals surface area contributed by atoms with E-state index in [9.17, 15) is 9.59 Å². The number of allylic oxidation sites excluding steroid dienone is 1. The fraction of sp³-hybridized carbons (Fsp3) is 0.389. The Hall–Kier alpha value is -2.48. The number of nitrogens with two attached hydrogens (primary N) is 1. The summed E-state index contributed by atoms with van der Waals surface area (Å²) in [6.45, 7) is 6.19. The van der Waals surface area contributed by atoms with Crippen LogP contribution >= 0.6 is 11.8 Å². The highest BCUT2D eigenvalue weighted by Gasteiger charge is 2.32. The number of nitrogens with one attached hydrogen (secondary N) is 1. The van der Waals surface area contributed by atoms with Crippen LogP contribution in [0.3, 0.4) is 0 Å². The maximum Gasteiger partial charge on any atom is 0.338 e. The van der Waals surface area contributed by atoms with Crippen LogP contribution < -0.4 is 15.8 Å². The summed E-state index contributed by atoms with van der Waals surface area (Å²) in [5, 5.41) is 3.57. The molecule has 26 heavy (non-hydrogen) atoms. The molecule has 2 rings (SSSR count). The van der Waals surface area contributed by atoms with Crippen molar-refractivity contribution in [2.45, 2.75) is 26.8 Å². The van der Waals surface area contributed by atoms with Crippen LogP contribution in [0.4, 0.5) is 0 Å². The summed E-state index contributed by atoms with van der Waals surface area (Å²) in [4.78, 5) is 28.2. The highest BCUT2D eigenvalue weighted by Crippen LogP contribution is 2.37. The summed E-state index contributed by atoms with van der Waals surface area (Å²) < 4.78 is 10.9. The Labute approximate surface area is 157 Å². The molecule has 0 radical (unpaired) electrons. The number of thioether (sulfide) groups is 1. The number of hydrogen-bond donors (Lipinski definition) is 2. The predicted molar refractivity (Wildman–Crippen MR) is 102 cm³/mol. The third-order valence-electron chi connectivity index (χ3n) is 3.58. The lowest BCUT2D eigenvalue weighted by molar-refractivity contribution is -0.139. The first kappa shape index (κ1) is 19.8. The third kappa shape index (κ3) is 4.78. The van der Waals surface area contributed by atoms with Gasteiger partial charge in [0.15, 0.2) is 5.17 Å². The molecule has 1 atom stereocenters. The summed E-state index contributed by atoms with van der Waals surface area (Å²) in [5.41, 5.74) is 7.03. The van der Waals surface area contributed by atoms with Crippen molar-refractivity contribution in [1.29, 1.82) is 0 Å². The van der Waals surface area contributed by atoms with Crippen LogP contribution in [0.2, 0.25) is 0 Å². The van der Waals surface area contributed by atoms with Gasteiger partial charge in [0.25, 0.3) is 0 Å². The maximum absolute atomic E-state index is 12.5. The van der Waals surface area contributed by atoms with Crippen LogP contribution in [0.1, 0.15) is 32.4 Å². The SMILES string of the molecule is CCOC(=O)C1=C(C)NC(SCC(N)=O)=N[C@@H]1c1ccccc1OCC. The van der Waals surface area contributed by atoms with Crippen molar-refractivity contribution in [1.82, 2.24) is 5.32 Å². The van der Waals surface area contributed by atoms with Gasteiger partial charge in [0, 0.05) is 11.3 Å². The molecule has 1 aliphatic rings. The lowest BCUT2D eigenvalue weighted by Gasteiger charge is -2.26. The number of para-hydroxylation sites is 1. The van der Waals surface area contributed by atoms with Crippen molar-refractivity contribution in [2.24, 2.45) is 10.7 Å². The lowest BCUT2D eigenvalue weighted by Crippen LogP contribution is -2.31. The zero-order chi connectivity index (χ0) is 19.1. The molecule has 1 aromatic rings. The number of amides is 1. The van der Waals surface area contributed by atoms with Crippen LogP contribution in [0.5, 0.6) is 5.75 Å². The van der Waals surface area contributed by atoms with E-state index in [1.54, 1.807) is 13.8 Å². The maximum atomic E-state index is 12.5. The van der Waals surface area contributed by atoms with Gasteiger partial charge in [-0.3, -0.25) is 4.79 Å². The zero-order valence-electron chi connectivity index (χ0n) is 15.1. The van der Waals surface area contributed by atoms with E-state index in [0.29, 0.717) is 28.8 Å². The zero-order valence-corrected chi connectivity index (χ0v) is 15.9. The van der Waals surface area contributed by atoms with Crippen LogP contribution in [-0.2, 0) is 14.3 Å². The van der Waals surface area contributed by atoms with Crippen LogP contribution in [0, 0.1) is 0 Å². The number of hydrogen-bond acceptors (Lipinski definition) is 7. The van der Waals surface area contributed by atoms with E-state index in [1.165, 1.54) is 11.8 Å². The molecule has 1 heterocycles. The number of carbonyl (C=O) groups is 2. The number of benzene rings is 1. The fourth-order valence-electron chi connectivity index (χ4n) is 2.55. The smallest absolute Gasteiger partial charge is 0.338 e. The number of amidine groups is 1. The molecule has 7 nitrogen and oxygen atoms in total. The molecule has 0 bridgehead atoms. The van der Waals surface area contributed by atoms with Crippen LogP contribution in [0.15, 0.2) is 40.5 Å². The predicted octanol–water partition coefficient (Wildman–Crippen LogP) is 2.14. The summed E-state index contributed by atoms with van der Waals surface area (Å²) in [7, 11) is 0. The van der Waals surface area contributed by atoms with Gasteiger partial charge in [0.2, 0.25) is 5.91 Å². The molecule has 1 amide bonds. The molecule has 0 saturated carbocycles. The molecule has 140 valence electrons. The first-order valence-corrected chi connectivity index (χ1v) is 9.32. The number of rotatable bonds is 7. The van der Waals surface area contributed by atoms with Gasteiger partial charge in [-0.1, -0.05) is 30.0 Å². The molecule has 3 N–H and O–H groups in total. The Kier molecular flexibility index (Phi) is 7.08. The Morgan fingerprint density at radius 3 is 2.65 bits per heavy atom. The number of primary amides is 1. The monoisotopic (exact) mass is 377 g/mol. The normalized spacial score (nSPS) is 16.6. The molecule has 0 unspecified atom stereocenters. The third-order valence-corrected chi connectivity index (χ3v) is 4.49. The minimum absolute atomic E-state index is 0.0910. The van der Waals surface area contributed by atoms with Crippen molar-refractivity contribution in [3.05, 3.63) is 41.1 Å². The largest absolute Gasteiger partial charge is 0.494 e. The minimum Gasteiger partial charge on any atom is -0.494 e. The molecule has 0 saturated heterocycles. The molecular weight excluding hydrogens is 354 g/mol. The van der Waals surface area contributed by atoms with Crippen molar-refractivity contribution in [3.63, 3.8) is 0 Å². The summed E-state index contributed by atoms with van der Waals surface area (Å²) in [5.74, 6) is -0.132. The Morgan fingerprint density at radius 1 is 1.27 bits per heavy atom. The van der Waals surface area contributed by atoms with Gasteiger partial charge in [-0.05, 0) is 26.8 Å². The summed E-state index contributed by atoms with van der Waals surface area (Å²) >= 11 is 1.19. The van der Waals surface area contributed by atoms with E-state index in [-0.39, 0.29) is 12.4 Å². The Morgan fingerprint density at radius 2 is 2.00 bits per heavy atom. The van der Waals surface area contributed by atoms with Crippen molar-refractivity contribution >= 4 is 28.8 Å². The molecule has 0 aromatic heterocycles. The Balaban J connectivity index is 2.47. The molecule has 8 heteroatoms. The first-order chi connectivity index (χ1) is 12.5. The molecule has 1 aromatic carbocycles. The van der Waals surface area contributed by atoms with Gasteiger partial charge in [-0.25, -0.2) is 9.79 Å². The second-order valence-electron chi connectivity index (χ2n) is 5.45. The van der Waals surface area contributed by atoms with E-state index < -0.39 is 17.9 Å². The lowest BCUT2D eigenvalue weighted by atomic mass is 9.96. The topological polar surface area (TPSA) is 103 Å². The van der Waals surface area contributed by atoms with E-state index in [0.717, 1.165) is 5.56 Å². The van der Waals surface area contributed by atoms with Gasteiger partial charge in [0.1, 0.15) is 11.8 Å². The number of aliphatic imine (C=N–C) groups is 1. The van der Waals surface area contributed by atoms with Crippen molar-refractivity contribution in [2.75, 3.05) is 19.0 Å². The van der Waals surface area contributed by atoms with E-state index in [1.807, 2.05) is 31.2 Å². The molecule has 0 aliphatic carbocycles. The molecule has 1 aliphatic heterocycles. The molecule has 0 spiro atoms. The summed E-state index contributed by atoms with van der Waals surface area (Å²) in [6, 6.07) is 6.85. The second-order valence-corrected chi connectivity index (χ2v) is 6.41. The average molecular weight is 377 g/mol. The quantitative estimate of drug-likeness (QED) is 0.706. The van der Waals surface area contributed by atoms with Gasteiger partial charge in [-0.2, -0.15) is 0 Å². The Bertz CT molecular complexity index is 746.